The third-order valence-corrected chi connectivity index (χ3v) is 3.77. The van der Waals surface area contributed by atoms with E-state index in [2.05, 4.69) is 10.3 Å². The van der Waals surface area contributed by atoms with Crippen LogP contribution in [-0.2, 0) is 4.79 Å². The lowest BCUT2D eigenvalue weighted by molar-refractivity contribution is -0.384. The van der Waals surface area contributed by atoms with Crippen molar-refractivity contribution in [2.24, 2.45) is 5.41 Å². The van der Waals surface area contributed by atoms with Crippen molar-refractivity contribution in [1.82, 2.24) is 4.98 Å². The Morgan fingerprint density at radius 1 is 1.60 bits per heavy atom. The smallest absolute Gasteiger partial charge is 0.311 e. The quantitative estimate of drug-likeness (QED) is 0.611. The molecule has 1 aromatic heterocycles. The highest BCUT2D eigenvalue weighted by Gasteiger charge is 2.39. The number of carbonyl (C=O) groups is 1. The minimum absolute atomic E-state index is 0.0743. The summed E-state index contributed by atoms with van der Waals surface area (Å²) in [6.07, 6.45) is 4.29. The van der Waals surface area contributed by atoms with E-state index >= 15 is 0 Å². The number of pyridine rings is 1. The van der Waals surface area contributed by atoms with Gasteiger partial charge in [0.25, 0.3) is 0 Å². The molecule has 2 N–H and O–H groups in total. The number of anilines is 1. The fourth-order valence-electron chi connectivity index (χ4n) is 2.51. The molecule has 7 nitrogen and oxygen atoms in total. The average Bonchev–Trinajstić information content (AvgIpc) is 2.33. The van der Waals surface area contributed by atoms with E-state index in [0.29, 0.717) is 12.1 Å². The van der Waals surface area contributed by atoms with Crippen LogP contribution in [0.2, 0.25) is 0 Å². The van der Waals surface area contributed by atoms with Crippen LogP contribution in [0.4, 0.5) is 11.5 Å². The van der Waals surface area contributed by atoms with Crippen molar-refractivity contribution in [2.45, 2.75) is 32.6 Å². The Morgan fingerprint density at radius 2 is 2.30 bits per heavy atom. The summed E-state index contributed by atoms with van der Waals surface area (Å²) in [5, 5.41) is 22.9. The van der Waals surface area contributed by atoms with Crippen molar-refractivity contribution in [3.8, 4) is 0 Å². The number of rotatable bonds is 6. The summed E-state index contributed by atoms with van der Waals surface area (Å²) < 4.78 is 0. The van der Waals surface area contributed by atoms with Gasteiger partial charge in [-0.15, -0.1) is 0 Å². The number of nitro groups is 1. The summed E-state index contributed by atoms with van der Waals surface area (Å²) in [6.45, 7) is 2.14. The zero-order valence-electron chi connectivity index (χ0n) is 11.3. The van der Waals surface area contributed by atoms with E-state index in [1.807, 2.05) is 0 Å². The first-order valence-electron chi connectivity index (χ1n) is 6.49. The number of carboxylic acid groups (broad SMARTS) is 1. The van der Waals surface area contributed by atoms with Gasteiger partial charge in [0.05, 0.1) is 11.3 Å². The molecule has 0 spiro atoms. The number of nitrogens with one attached hydrogen (secondary N) is 1. The minimum Gasteiger partial charge on any atom is -0.481 e. The molecule has 0 radical (unpaired) electrons. The van der Waals surface area contributed by atoms with E-state index in [0.717, 1.165) is 19.3 Å². The maximum atomic E-state index is 11.0. The summed E-state index contributed by atoms with van der Waals surface area (Å²) >= 11 is 0. The van der Waals surface area contributed by atoms with Crippen LogP contribution in [0, 0.1) is 22.5 Å². The van der Waals surface area contributed by atoms with E-state index in [9.17, 15) is 14.9 Å². The Hall–Kier alpha value is -2.18. The van der Waals surface area contributed by atoms with Gasteiger partial charge in [-0.25, -0.2) is 4.98 Å². The van der Waals surface area contributed by atoms with Crippen molar-refractivity contribution in [3.05, 3.63) is 27.9 Å². The van der Waals surface area contributed by atoms with E-state index in [4.69, 9.17) is 5.11 Å². The predicted octanol–water partition coefficient (Wildman–Crippen LogP) is 2.36. The zero-order chi connectivity index (χ0) is 14.8. The van der Waals surface area contributed by atoms with E-state index in [1.54, 1.807) is 13.1 Å². The molecule has 7 heteroatoms. The number of carboxylic acids is 1. The molecule has 0 aromatic carbocycles. The molecule has 20 heavy (non-hydrogen) atoms. The lowest BCUT2D eigenvalue weighted by Crippen LogP contribution is -2.38. The number of nitrogens with zero attached hydrogens (tertiary/aromatic N) is 2. The normalized spacial score (nSPS) is 16.2. The molecule has 0 aliphatic heterocycles. The van der Waals surface area contributed by atoms with Crippen molar-refractivity contribution >= 4 is 17.5 Å². The molecular weight excluding hydrogens is 262 g/mol. The Kier molecular flexibility index (Phi) is 3.87. The van der Waals surface area contributed by atoms with Crippen molar-refractivity contribution < 1.29 is 14.8 Å². The molecule has 1 fully saturated rings. The van der Waals surface area contributed by atoms with Crippen molar-refractivity contribution in [3.63, 3.8) is 0 Å². The number of aryl methyl sites for hydroxylation is 1. The number of hydrogen-bond donors (Lipinski definition) is 2. The number of aliphatic carboxylic acids is 1. The van der Waals surface area contributed by atoms with Crippen LogP contribution < -0.4 is 5.32 Å². The summed E-state index contributed by atoms with van der Waals surface area (Å²) in [5.41, 5.74) is 0.340. The summed E-state index contributed by atoms with van der Waals surface area (Å²) in [7, 11) is 0. The van der Waals surface area contributed by atoms with Crippen molar-refractivity contribution in [2.75, 3.05) is 11.9 Å². The first kappa shape index (κ1) is 14.2. The maximum Gasteiger partial charge on any atom is 0.311 e. The van der Waals surface area contributed by atoms with Crippen LogP contribution in [0.25, 0.3) is 0 Å². The molecule has 1 aromatic rings. The molecule has 0 bridgehead atoms. The Morgan fingerprint density at radius 3 is 2.80 bits per heavy atom. The largest absolute Gasteiger partial charge is 0.481 e. The SMILES string of the molecule is Cc1cnc(NCC2(CC(=O)O)CCC2)c([N+](=O)[O-])c1. The molecule has 2 rings (SSSR count). The first-order chi connectivity index (χ1) is 9.42. The minimum atomic E-state index is -0.835. The Bertz CT molecular complexity index is 540. The topological polar surface area (TPSA) is 105 Å². The molecule has 0 saturated heterocycles. The molecule has 1 aliphatic carbocycles. The molecule has 1 aliphatic rings. The molecule has 1 saturated carbocycles. The van der Waals surface area contributed by atoms with Crippen LogP contribution in [0.3, 0.4) is 0 Å². The van der Waals surface area contributed by atoms with Crippen LogP contribution in [-0.4, -0.2) is 27.5 Å². The highest BCUT2D eigenvalue weighted by Crippen LogP contribution is 2.44. The van der Waals surface area contributed by atoms with Gasteiger partial charge >= 0.3 is 11.7 Å². The Balaban J connectivity index is 2.10. The van der Waals surface area contributed by atoms with Crippen LogP contribution in [0.1, 0.15) is 31.2 Å². The highest BCUT2D eigenvalue weighted by molar-refractivity contribution is 5.68. The van der Waals surface area contributed by atoms with E-state index in [1.165, 1.54) is 6.07 Å². The van der Waals surface area contributed by atoms with Gasteiger partial charge in [-0.3, -0.25) is 14.9 Å². The summed E-state index contributed by atoms with van der Waals surface area (Å²) in [5.74, 6) is -0.630. The van der Waals surface area contributed by atoms with Gasteiger partial charge in [0.1, 0.15) is 0 Å². The number of aromatic nitrogens is 1. The summed E-state index contributed by atoms with van der Waals surface area (Å²) in [4.78, 5) is 25.4. The van der Waals surface area contributed by atoms with Crippen molar-refractivity contribution in [1.29, 1.82) is 0 Å². The lowest BCUT2D eigenvalue weighted by Gasteiger charge is -2.40. The van der Waals surface area contributed by atoms with Crippen LogP contribution >= 0.6 is 0 Å². The van der Waals surface area contributed by atoms with Gasteiger partial charge in [0.2, 0.25) is 5.82 Å². The fourth-order valence-corrected chi connectivity index (χ4v) is 2.51. The molecule has 0 amide bonds. The van der Waals surface area contributed by atoms with E-state index < -0.39 is 10.9 Å². The number of hydrogen-bond acceptors (Lipinski definition) is 5. The highest BCUT2D eigenvalue weighted by atomic mass is 16.6. The predicted molar refractivity (Wildman–Crippen MR) is 72.7 cm³/mol. The third kappa shape index (κ3) is 3.04. The second kappa shape index (κ2) is 5.44. The van der Waals surface area contributed by atoms with E-state index in [-0.39, 0.29) is 23.3 Å². The van der Waals surface area contributed by atoms with Gasteiger partial charge < -0.3 is 10.4 Å². The molecule has 0 unspecified atom stereocenters. The zero-order valence-corrected chi connectivity index (χ0v) is 11.3. The lowest BCUT2D eigenvalue weighted by atomic mass is 9.66. The van der Waals surface area contributed by atoms with Gasteiger partial charge in [0, 0.05) is 18.8 Å². The standard InChI is InChI=1S/C13H17N3O4/c1-9-5-10(16(19)20)12(14-7-9)15-8-13(3-2-4-13)6-11(17)18/h5,7H,2-4,6,8H2,1H3,(H,14,15)(H,17,18). The van der Waals surface area contributed by atoms with Gasteiger partial charge in [-0.2, -0.15) is 0 Å². The molecule has 0 atom stereocenters. The fraction of sp³-hybridized carbons (Fsp3) is 0.538. The molecular formula is C13H17N3O4. The van der Waals surface area contributed by atoms with Gasteiger partial charge in [-0.1, -0.05) is 6.42 Å². The van der Waals surface area contributed by atoms with Gasteiger partial charge in [-0.05, 0) is 30.7 Å². The monoisotopic (exact) mass is 279 g/mol. The second-order valence-corrected chi connectivity index (χ2v) is 5.42. The third-order valence-electron chi connectivity index (χ3n) is 3.77. The van der Waals surface area contributed by atoms with Gasteiger partial charge in [0.15, 0.2) is 0 Å². The average molecular weight is 279 g/mol. The maximum absolute atomic E-state index is 11.0. The second-order valence-electron chi connectivity index (χ2n) is 5.42. The summed E-state index contributed by atoms with van der Waals surface area (Å²) in [6, 6.07) is 1.46. The molecule has 108 valence electrons. The Labute approximate surface area is 116 Å². The van der Waals surface area contributed by atoms with Crippen LogP contribution in [0.15, 0.2) is 12.3 Å². The van der Waals surface area contributed by atoms with Crippen LogP contribution in [0.5, 0.6) is 0 Å². The molecule has 1 heterocycles. The first-order valence-corrected chi connectivity index (χ1v) is 6.49.